The van der Waals surface area contributed by atoms with Crippen LogP contribution in [0.3, 0.4) is 0 Å². The molecule has 0 spiro atoms. The van der Waals surface area contributed by atoms with Crippen molar-refractivity contribution in [1.82, 2.24) is 4.57 Å². The Labute approximate surface area is 419 Å². The van der Waals surface area contributed by atoms with Crippen molar-refractivity contribution in [3.05, 3.63) is 223 Å². The second-order valence-corrected chi connectivity index (χ2v) is 20.2. The quantitative estimate of drug-likeness (QED) is 0.104. The first-order valence-electron chi connectivity index (χ1n) is 25.9. The van der Waals surface area contributed by atoms with Crippen molar-refractivity contribution < 1.29 is 4.42 Å². The first-order valence-corrected chi connectivity index (χ1v) is 25.9. The lowest BCUT2D eigenvalue weighted by Gasteiger charge is -2.20. The predicted molar refractivity (Wildman–Crippen MR) is 309 cm³/mol. The predicted octanol–water partition coefficient (Wildman–Crippen LogP) is 20.2. The van der Waals surface area contributed by atoms with Crippen LogP contribution in [-0.2, 0) is 6.42 Å². The molecular weight excluding hydrogens is 871 g/mol. The summed E-state index contributed by atoms with van der Waals surface area (Å²) in [5, 5.41) is 17.4. The number of furan rings is 1. The van der Waals surface area contributed by atoms with Crippen molar-refractivity contribution in [2.45, 2.75) is 52.9 Å². The Morgan fingerprint density at radius 1 is 0.389 bits per heavy atom. The molecule has 2 aromatic heterocycles. The van der Waals surface area contributed by atoms with Gasteiger partial charge in [0.25, 0.3) is 0 Å². The maximum Gasteiger partial charge on any atom is 0.143 e. The number of hydrogen-bond donors (Lipinski definition) is 0. The number of para-hydroxylation sites is 1. The molecule has 0 saturated carbocycles. The normalized spacial score (nSPS) is 12.1. The van der Waals surface area contributed by atoms with Gasteiger partial charge in [0.1, 0.15) is 11.2 Å². The van der Waals surface area contributed by atoms with Crippen molar-refractivity contribution in [2.24, 2.45) is 0 Å². The molecule has 0 unspecified atom stereocenters. The summed E-state index contributed by atoms with van der Waals surface area (Å²) in [5.41, 5.74) is 16.4. The summed E-state index contributed by atoms with van der Waals surface area (Å²) < 4.78 is 9.49. The smallest absolute Gasteiger partial charge is 0.143 e. The highest BCUT2D eigenvalue weighted by Crippen LogP contribution is 2.50. The Morgan fingerprint density at radius 2 is 1.06 bits per heavy atom. The lowest BCUT2D eigenvalue weighted by molar-refractivity contribution is 0.667. The molecule has 0 fully saturated rings. The Bertz CT molecular complexity index is 4490. The van der Waals surface area contributed by atoms with Crippen LogP contribution in [0.15, 0.2) is 211 Å². The molecule has 0 N–H and O–H groups in total. The van der Waals surface area contributed by atoms with E-state index in [1.54, 1.807) is 0 Å². The van der Waals surface area contributed by atoms with Crippen LogP contribution in [0, 0.1) is 13.8 Å². The van der Waals surface area contributed by atoms with Gasteiger partial charge in [-0.1, -0.05) is 184 Å². The highest BCUT2D eigenvalue weighted by Gasteiger charge is 2.24. The van der Waals surface area contributed by atoms with Gasteiger partial charge in [-0.15, -0.1) is 0 Å². The third kappa shape index (κ3) is 6.70. The Hall–Kier alpha value is -8.46. The lowest BCUT2D eigenvalue weighted by Crippen LogP contribution is -1.96. The van der Waals surface area contributed by atoms with Gasteiger partial charge in [0, 0.05) is 38.2 Å². The van der Waals surface area contributed by atoms with E-state index < -0.39 is 0 Å². The van der Waals surface area contributed by atoms with Crippen LogP contribution in [0.4, 0.5) is 0 Å². The third-order valence-electron chi connectivity index (χ3n) is 15.9. The molecule has 2 heterocycles. The van der Waals surface area contributed by atoms with Gasteiger partial charge in [0.15, 0.2) is 0 Å². The summed E-state index contributed by atoms with van der Waals surface area (Å²) in [6.07, 6.45) is 6.20. The first-order chi connectivity index (χ1) is 35.5. The Balaban J connectivity index is 1.03. The maximum absolute atomic E-state index is 6.97. The Morgan fingerprint density at radius 3 is 1.85 bits per heavy atom. The fourth-order valence-electron chi connectivity index (χ4n) is 12.2. The SMILES string of the molecule is CCCCCCc1ccc(-n2c3cc4ccccc4cc3c3c4c(ccc32)c2ccc(-c3ccc5c(c3)oc3c(-c6ccc7ccccc7c6)cccc35)c(-c3ccccc3)c2c2cc(C)c(C)cc24)cc1. The van der Waals surface area contributed by atoms with Crippen molar-refractivity contribution >= 4 is 97.6 Å². The molecule has 0 aliphatic carbocycles. The van der Waals surface area contributed by atoms with Crippen LogP contribution in [0.2, 0.25) is 0 Å². The van der Waals surface area contributed by atoms with E-state index in [0.29, 0.717) is 0 Å². The third-order valence-corrected chi connectivity index (χ3v) is 15.9. The van der Waals surface area contributed by atoms with Crippen molar-refractivity contribution in [1.29, 1.82) is 0 Å². The number of unbranched alkanes of at least 4 members (excludes halogenated alkanes) is 3. The van der Waals surface area contributed by atoms with Gasteiger partial charge < -0.3 is 8.98 Å². The van der Waals surface area contributed by atoms with E-state index in [1.807, 2.05) is 0 Å². The minimum absolute atomic E-state index is 0.887. The van der Waals surface area contributed by atoms with E-state index >= 15 is 0 Å². The number of rotatable bonds is 9. The zero-order valence-electron chi connectivity index (χ0n) is 41.0. The summed E-state index contributed by atoms with van der Waals surface area (Å²) in [6.45, 7) is 6.82. The molecule has 2 heteroatoms. The molecule has 0 bridgehead atoms. The molecule has 0 atom stereocenters. The van der Waals surface area contributed by atoms with Crippen molar-refractivity contribution in [3.63, 3.8) is 0 Å². The van der Waals surface area contributed by atoms with Gasteiger partial charge in [0.2, 0.25) is 0 Å². The van der Waals surface area contributed by atoms with E-state index in [4.69, 9.17) is 4.42 Å². The van der Waals surface area contributed by atoms with Crippen LogP contribution in [-0.4, -0.2) is 4.57 Å². The van der Waals surface area contributed by atoms with Gasteiger partial charge in [-0.25, -0.2) is 0 Å². The molecule has 2 nitrogen and oxygen atoms in total. The highest BCUT2D eigenvalue weighted by molar-refractivity contribution is 6.38. The van der Waals surface area contributed by atoms with Crippen LogP contribution in [0.5, 0.6) is 0 Å². The van der Waals surface area contributed by atoms with E-state index in [-0.39, 0.29) is 0 Å². The van der Waals surface area contributed by atoms with E-state index in [2.05, 4.69) is 232 Å². The summed E-state index contributed by atoms with van der Waals surface area (Å²) in [4.78, 5) is 0. The zero-order valence-corrected chi connectivity index (χ0v) is 41.0. The first kappa shape index (κ1) is 42.4. The van der Waals surface area contributed by atoms with Crippen molar-refractivity contribution in [3.8, 4) is 39.1 Å². The summed E-state index contributed by atoms with van der Waals surface area (Å²) in [7, 11) is 0. The second kappa shape index (κ2) is 16.9. The fourth-order valence-corrected chi connectivity index (χ4v) is 12.2. The van der Waals surface area contributed by atoms with Gasteiger partial charge in [0.05, 0.1) is 11.0 Å². The average molecular weight is 924 g/mol. The van der Waals surface area contributed by atoms with Gasteiger partial charge in [-0.2, -0.15) is 0 Å². The van der Waals surface area contributed by atoms with Crippen LogP contribution < -0.4 is 0 Å². The van der Waals surface area contributed by atoms with Crippen LogP contribution in [0.1, 0.15) is 49.3 Å². The molecule has 344 valence electrons. The average Bonchev–Trinajstić information content (AvgIpc) is 3.96. The molecule has 72 heavy (non-hydrogen) atoms. The molecule has 0 aliphatic heterocycles. The van der Waals surface area contributed by atoms with Crippen LogP contribution >= 0.6 is 0 Å². The molecule has 0 radical (unpaired) electrons. The number of hydrogen-bond acceptors (Lipinski definition) is 1. The topological polar surface area (TPSA) is 18.1 Å². The molecule has 14 rings (SSSR count). The van der Waals surface area contributed by atoms with E-state index in [9.17, 15) is 0 Å². The minimum atomic E-state index is 0.887. The molecule has 0 aliphatic rings. The molecule has 0 amide bonds. The minimum Gasteiger partial charge on any atom is -0.455 e. The molecule has 14 aromatic rings. The summed E-state index contributed by atoms with van der Waals surface area (Å²) >= 11 is 0. The van der Waals surface area contributed by atoms with E-state index in [1.165, 1.54) is 140 Å². The zero-order chi connectivity index (χ0) is 48.0. The van der Waals surface area contributed by atoms with Gasteiger partial charge in [-0.3, -0.25) is 0 Å². The van der Waals surface area contributed by atoms with Gasteiger partial charge in [-0.05, 0) is 168 Å². The number of nitrogens with zero attached hydrogens (tertiary/aromatic N) is 1. The van der Waals surface area contributed by atoms with Crippen molar-refractivity contribution in [2.75, 3.05) is 0 Å². The largest absolute Gasteiger partial charge is 0.455 e. The van der Waals surface area contributed by atoms with Gasteiger partial charge >= 0.3 is 0 Å². The Kier molecular flexibility index (Phi) is 9.93. The monoisotopic (exact) mass is 923 g/mol. The number of fused-ring (bicyclic) bond motifs is 15. The number of aromatic nitrogens is 1. The summed E-state index contributed by atoms with van der Waals surface area (Å²) in [5.74, 6) is 0. The lowest BCUT2D eigenvalue weighted by atomic mass is 9.83. The molecular formula is C70H53NO. The van der Waals surface area contributed by atoms with E-state index in [0.717, 1.165) is 45.0 Å². The molecule has 0 saturated heterocycles. The fraction of sp³-hybridized carbons (Fsp3) is 0.114. The number of benzene rings is 12. The summed E-state index contributed by atoms with van der Waals surface area (Å²) in [6, 6.07) is 77.3. The maximum atomic E-state index is 6.97. The number of aryl methyl sites for hydroxylation is 3. The second-order valence-electron chi connectivity index (χ2n) is 20.2. The highest BCUT2D eigenvalue weighted by atomic mass is 16.3. The standard InChI is InChI=1S/C70H53NO/c1-4-5-6-8-16-45-25-30-53(31-26-45)71-63-36-35-58-57-34-33-54(52-29-32-56-59-24-15-23-55(70(59)72-65(56)42-52)51-28-27-46-17-11-12-20-48(46)39-51)66(47-18-9-7-10-19-47)67(57)60-37-43(2)44(3)38-61(60)68(58)69(63)62-40-49-21-13-14-22-50(49)41-64(62)71/h7,9-15,17-42H,4-6,8,16H2,1-3H3. The van der Waals surface area contributed by atoms with Crippen LogP contribution in [0.25, 0.3) is 137 Å². The molecule has 12 aromatic carbocycles.